The first-order valence-electron chi connectivity index (χ1n) is 12.5. The molecule has 0 atom stereocenters. The number of fused-ring (bicyclic) bond motifs is 1. The monoisotopic (exact) mass is 491 g/mol. The summed E-state index contributed by atoms with van der Waals surface area (Å²) in [6.07, 6.45) is 12.3. The maximum Gasteiger partial charge on any atom is 0.203 e. The molecule has 10 heteroatoms. The standard InChI is InChI=1S/C26H33N7O3/c1-5-6-7-10-33-26-19(14-28-33)25(29-22(31-26)11-17-8-9-17)30-23-15-32(16-27-23)18-12-20(34-2)24(36-4)21(13-18)35-3/h12-17H,5-11H2,1-4H3,(H,29,30,31). The molecular formula is C26H33N7O3. The quantitative estimate of drug-likeness (QED) is 0.279. The highest BCUT2D eigenvalue weighted by molar-refractivity contribution is 5.88. The van der Waals surface area contributed by atoms with Crippen molar-refractivity contribution in [3.05, 3.63) is 36.7 Å². The molecule has 0 saturated heterocycles. The number of nitrogens with one attached hydrogen (secondary N) is 1. The van der Waals surface area contributed by atoms with Gasteiger partial charge in [0.1, 0.15) is 23.8 Å². The molecule has 5 rings (SSSR count). The number of rotatable bonds is 12. The van der Waals surface area contributed by atoms with Gasteiger partial charge in [0, 0.05) is 25.1 Å². The van der Waals surface area contributed by atoms with Crippen LogP contribution in [0.2, 0.25) is 0 Å². The normalized spacial score (nSPS) is 13.2. The van der Waals surface area contributed by atoms with E-state index < -0.39 is 0 Å². The minimum Gasteiger partial charge on any atom is -0.493 e. The first-order chi connectivity index (χ1) is 17.6. The second-order valence-electron chi connectivity index (χ2n) is 9.12. The van der Waals surface area contributed by atoms with Crippen LogP contribution in [0.1, 0.15) is 44.9 Å². The summed E-state index contributed by atoms with van der Waals surface area (Å²) >= 11 is 0. The van der Waals surface area contributed by atoms with Gasteiger partial charge in [0.25, 0.3) is 0 Å². The number of methoxy groups -OCH3 is 3. The van der Waals surface area contributed by atoms with E-state index in [4.69, 9.17) is 24.2 Å². The fourth-order valence-electron chi connectivity index (χ4n) is 4.31. The molecule has 0 aliphatic heterocycles. The molecule has 0 unspecified atom stereocenters. The number of nitrogens with zero attached hydrogens (tertiary/aromatic N) is 6. The lowest BCUT2D eigenvalue weighted by atomic mass is 10.2. The Kier molecular flexibility index (Phi) is 6.92. The van der Waals surface area contributed by atoms with Gasteiger partial charge in [-0.2, -0.15) is 5.10 Å². The van der Waals surface area contributed by atoms with Crippen LogP contribution in [0.25, 0.3) is 16.7 Å². The molecule has 0 radical (unpaired) electrons. The van der Waals surface area contributed by atoms with Gasteiger partial charge in [-0.05, 0) is 25.2 Å². The Labute approximate surface area is 210 Å². The van der Waals surface area contributed by atoms with Gasteiger partial charge in [-0.3, -0.25) is 0 Å². The lowest BCUT2D eigenvalue weighted by molar-refractivity contribution is 0.324. The van der Waals surface area contributed by atoms with Crippen molar-refractivity contribution < 1.29 is 14.2 Å². The van der Waals surface area contributed by atoms with Crippen molar-refractivity contribution in [3.63, 3.8) is 0 Å². The van der Waals surface area contributed by atoms with Crippen LogP contribution < -0.4 is 19.5 Å². The number of hydrogen-bond donors (Lipinski definition) is 1. The lowest BCUT2D eigenvalue weighted by Gasteiger charge is -2.14. The van der Waals surface area contributed by atoms with E-state index in [1.54, 1.807) is 27.7 Å². The van der Waals surface area contributed by atoms with Crippen molar-refractivity contribution in [2.75, 3.05) is 26.6 Å². The third-order valence-corrected chi connectivity index (χ3v) is 6.46. The Balaban J connectivity index is 1.46. The molecule has 1 saturated carbocycles. The molecule has 3 heterocycles. The number of imidazole rings is 1. The van der Waals surface area contributed by atoms with E-state index >= 15 is 0 Å². The first-order valence-corrected chi connectivity index (χ1v) is 12.5. The zero-order valence-electron chi connectivity index (χ0n) is 21.3. The summed E-state index contributed by atoms with van der Waals surface area (Å²) in [6, 6.07) is 3.76. The zero-order valence-corrected chi connectivity index (χ0v) is 21.3. The molecule has 1 aliphatic rings. The van der Waals surface area contributed by atoms with Crippen LogP contribution in [0.15, 0.2) is 30.9 Å². The van der Waals surface area contributed by atoms with Crippen LogP contribution >= 0.6 is 0 Å². The molecule has 0 spiro atoms. The van der Waals surface area contributed by atoms with Gasteiger partial charge < -0.3 is 24.1 Å². The van der Waals surface area contributed by atoms with Crippen LogP contribution in [-0.4, -0.2) is 50.6 Å². The average Bonchev–Trinajstić information content (AvgIpc) is 3.42. The van der Waals surface area contributed by atoms with Gasteiger partial charge in [0.15, 0.2) is 17.1 Å². The SMILES string of the molecule is CCCCCn1ncc2c(Nc3cn(-c4cc(OC)c(OC)c(OC)c4)cn3)nc(CC3CC3)nc21. The second-order valence-corrected chi connectivity index (χ2v) is 9.12. The maximum absolute atomic E-state index is 5.50. The molecule has 1 fully saturated rings. The van der Waals surface area contributed by atoms with Crippen molar-refractivity contribution in [1.29, 1.82) is 0 Å². The fraction of sp³-hybridized carbons (Fsp3) is 0.462. The van der Waals surface area contributed by atoms with Crippen LogP contribution in [0.4, 0.5) is 11.6 Å². The Morgan fingerprint density at radius 3 is 2.47 bits per heavy atom. The Morgan fingerprint density at radius 2 is 1.81 bits per heavy atom. The van der Waals surface area contributed by atoms with Gasteiger partial charge in [-0.25, -0.2) is 19.6 Å². The zero-order chi connectivity index (χ0) is 25.1. The van der Waals surface area contributed by atoms with E-state index in [0.717, 1.165) is 47.7 Å². The van der Waals surface area contributed by atoms with Crippen molar-refractivity contribution in [1.82, 2.24) is 29.3 Å². The number of aromatic nitrogens is 6. The Bertz CT molecular complexity index is 1320. The maximum atomic E-state index is 5.50. The molecular weight excluding hydrogens is 458 g/mol. The molecule has 0 amide bonds. The summed E-state index contributed by atoms with van der Waals surface area (Å²) in [4.78, 5) is 14.3. The number of aryl methyl sites for hydroxylation is 1. The minimum absolute atomic E-state index is 0.546. The third kappa shape index (κ3) is 4.93. The Hall–Kier alpha value is -3.82. The minimum atomic E-state index is 0.546. The second kappa shape index (κ2) is 10.4. The molecule has 0 bridgehead atoms. The molecule has 3 aromatic heterocycles. The number of unbranched alkanes of at least 4 members (excludes halogenated alkanes) is 2. The van der Waals surface area contributed by atoms with Gasteiger partial charge in [0.2, 0.25) is 5.75 Å². The van der Waals surface area contributed by atoms with E-state index in [0.29, 0.717) is 29.0 Å². The number of anilines is 2. The van der Waals surface area contributed by atoms with Crippen LogP contribution in [0.5, 0.6) is 17.2 Å². The van der Waals surface area contributed by atoms with E-state index in [1.165, 1.54) is 25.7 Å². The number of benzene rings is 1. The predicted molar refractivity (Wildman–Crippen MR) is 138 cm³/mol. The summed E-state index contributed by atoms with van der Waals surface area (Å²) < 4.78 is 20.3. The predicted octanol–water partition coefficient (Wildman–Crippen LogP) is 4.92. The molecule has 1 aliphatic carbocycles. The topological polar surface area (TPSA) is 101 Å². The van der Waals surface area contributed by atoms with Crippen molar-refractivity contribution in [3.8, 4) is 22.9 Å². The van der Waals surface area contributed by atoms with Crippen LogP contribution in [-0.2, 0) is 13.0 Å². The average molecular weight is 492 g/mol. The smallest absolute Gasteiger partial charge is 0.203 e. The van der Waals surface area contributed by atoms with E-state index in [-0.39, 0.29) is 0 Å². The summed E-state index contributed by atoms with van der Waals surface area (Å²) in [6.45, 7) is 3.06. The highest BCUT2D eigenvalue weighted by atomic mass is 16.5. The largest absolute Gasteiger partial charge is 0.493 e. The summed E-state index contributed by atoms with van der Waals surface area (Å²) in [5.74, 6) is 4.64. The molecule has 4 aromatic rings. The van der Waals surface area contributed by atoms with Crippen LogP contribution in [0.3, 0.4) is 0 Å². The highest BCUT2D eigenvalue weighted by Gasteiger charge is 2.24. The fourth-order valence-corrected chi connectivity index (χ4v) is 4.31. The van der Waals surface area contributed by atoms with Crippen LogP contribution in [0, 0.1) is 5.92 Å². The highest BCUT2D eigenvalue weighted by Crippen LogP contribution is 2.39. The molecule has 1 N–H and O–H groups in total. The lowest BCUT2D eigenvalue weighted by Crippen LogP contribution is -2.06. The number of ether oxygens (including phenoxy) is 3. The molecule has 190 valence electrons. The van der Waals surface area contributed by atoms with Gasteiger partial charge in [-0.1, -0.05) is 19.8 Å². The summed E-state index contributed by atoms with van der Waals surface area (Å²) in [5.41, 5.74) is 1.71. The molecule has 36 heavy (non-hydrogen) atoms. The van der Waals surface area contributed by atoms with Gasteiger partial charge in [0.05, 0.1) is 44.8 Å². The third-order valence-electron chi connectivity index (χ3n) is 6.46. The van der Waals surface area contributed by atoms with E-state index in [1.807, 2.05) is 33.8 Å². The Morgan fingerprint density at radius 1 is 1.03 bits per heavy atom. The first kappa shape index (κ1) is 23.9. The summed E-state index contributed by atoms with van der Waals surface area (Å²) in [7, 11) is 4.79. The summed E-state index contributed by atoms with van der Waals surface area (Å²) in [5, 5.41) is 8.93. The van der Waals surface area contributed by atoms with Crippen molar-refractivity contribution in [2.24, 2.45) is 5.92 Å². The molecule has 1 aromatic carbocycles. The molecule has 10 nitrogen and oxygen atoms in total. The van der Waals surface area contributed by atoms with Gasteiger partial charge in [-0.15, -0.1) is 0 Å². The number of hydrogen-bond acceptors (Lipinski definition) is 8. The van der Waals surface area contributed by atoms with E-state index in [2.05, 4.69) is 22.3 Å². The van der Waals surface area contributed by atoms with E-state index in [9.17, 15) is 0 Å². The van der Waals surface area contributed by atoms with Crippen molar-refractivity contribution >= 4 is 22.7 Å². The van der Waals surface area contributed by atoms with Gasteiger partial charge >= 0.3 is 0 Å². The van der Waals surface area contributed by atoms with Crippen molar-refractivity contribution in [2.45, 2.75) is 52.0 Å².